The van der Waals surface area contributed by atoms with Crippen LogP contribution in [-0.2, 0) is 23.9 Å². The number of aromatic hydroxyl groups is 2. The molecule has 2 aromatic carbocycles. The number of phenols is 2. The highest BCUT2D eigenvalue weighted by atomic mass is 16.7. The molecule has 0 aromatic heterocycles. The number of nitrogens with one attached hydrogen (secondary N) is 1. The molecule has 1 fully saturated rings. The molecule has 7 rings (SSSR count). The second kappa shape index (κ2) is 20.1. The van der Waals surface area contributed by atoms with E-state index in [2.05, 4.69) is 24.1 Å². The number of allylic oxidation sites excluding steroid dienone is 4. The molecule has 5 heterocycles. The number of nitrogens with zero attached hydrogens (tertiary/aromatic N) is 4. The summed E-state index contributed by atoms with van der Waals surface area (Å²) in [6.07, 6.45) is 9.66. The number of hydrogen-bond acceptors (Lipinski definition) is 16. The molecule has 5 aliphatic heterocycles. The van der Waals surface area contributed by atoms with Crippen LogP contribution in [0.3, 0.4) is 0 Å². The van der Waals surface area contributed by atoms with Gasteiger partial charge in [0.1, 0.15) is 40.9 Å². The van der Waals surface area contributed by atoms with E-state index in [9.17, 15) is 39.6 Å². The van der Waals surface area contributed by atoms with Crippen molar-refractivity contribution in [2.75, 3.05) is 31.5 Å². The Morgan fingerprint density at radius 3 is 2.39 bits per heavy atom. The van der Waals surface area contributed by atoms with Gasteiger partial charge in [0, 0.05) is 68.0 Å². The van der Waals surface area contributed by atoms with E-state index in [4.69, 9.17) is 35.8 Å². The van der Waals surface area contributed by atoms with Gasteiger partial charge in [-0.3, -0.25) is 24.4 Å². The number of carbonyl (C=O) groups is 4. The van der Waals surface area contributed by atoms with Crippen LogP contribution in [-0.4, -0.2) is 104 Å². The Morgan fingerprint density at radius 1 is 1.07 bits per heavy atom. The number of aliphatic hydroxyl groups is 1. The molecular weight excluding hydrogens is 863 g/mol. The van der Waals surface area contributed by atoms with Crippen molar-refractivity contribution in [3.05, 3.63) is 69.9 Å². The molecule has 1 amide bonds. The Kier molecular flexibility index (Phi) is 15.1. The maximum atomic E-state index is 14.8. The summed E-state index contributed by atoms with van der Waals surface area (Å²) >= 11 is 0. The number of rotatable bonds is 8. The average molecular weight is 930 g/mol. The zero-order valence-electron chi connectivity index (χ0n) is 40.0. The van der Waals surface area contributed by atoms with Crippen LogP contribution in [0, 0.1) is 36.5 Å². The minimum absolute atomic E-state index is 0.0341. The topological polar surface area (TPSA) is 272 Å². The third-order valence-electron chi connectivity index (χ3n) is 13.3. The summed E-state index contributed by atoms with van der Waals surface area (Å²) in [5.74, 6) is -1.10. The van der Waals surface area contributed by atoms with Crippen LogP contribution in [0.4, 0.5) is 5.69 Å². The second-order valence-electron chi connectivity index (χ2n) is 19.3. The van der Waals surface area contributed by atoms with E-state index in [0.717, 1.165) is 17.8 Å². The van der Waals surface area contributed by atoms with Gasteiger partial charge in [0.25, 0.3) is 11.7 Å². The maximum absolute atomic E-state index is 14.8. The number of amides is 1. The molecule has 18 nitrogen and oxygen atoms in total. The molecule has 5 aliphatic rings. The number of aliphatic carboxylic acids is 1. The summed E-state index contributed by atoms with van der Waals surface area (Å²) in [6.45, 7) is 18.3. The van der Waals surface area contributed by atoms with Gasteiger partial charge in [-0.2, -0.15) is 0 Å². The number of carboxylic acids is 1. The number of anilines is 1. The number of phenolic OH excluding ortho intramolecular Hbond substituents is 2. The highest BCUT2D eigenvalue weighted by Gasteiger charge is 2.50. The Bertz CT molecular complexity index is 2540. The van der Waals surface area contributed by atoms with Gasteiger partial charge in [-0.1, -0.05) is 59.8 Å². The number of hydrogen-bond donors (Lipinski definition) is 7. The normalized spacial score (nSPS) is 28.7. The van der Waals surface area contributed by atoms with Crippen LogP contribution in [0.25, 0.3) is 10.8 Å². The summed E-state index contributed by atoms with van der Waals surface area (Å²) in [6, 6.07) is 0. The Balaban J connectivity index is 1.45. The maximum Gasteiger partial charge on any atom is 0.353 e. The summed E-state index contributed by atoms with van der Waals surface area (Å²) < 4.78 is 18.5. The number of aliphatic hydroxyl groups excluding tert-OH is 1. The van der Waals surface area contributed by atoms with Gasteiger partial charge >= 0.3 is 17.7 Å². The molecule has 1 saturated heterocycles. The van der Waals surface area contributed by atoms with Gasteiger partial charge in [0.15, 0.2) is 11.4 Å². The molecular formula is C49H67N7O11. The lowest BCUT2D eigenvalue weighted by Gasteiger charge is -2.36. The molecule has 67 heavy (non-hydrogen) atoms. The number of esters is 1. The van der Waals surface area contributed by atoms with Crippen molar-refractivity contribution in [3.63, 3.8) is 0 Å². The molecule has 0 aliphatic carbocycles. The van der Waals surface area contributed by atoms with E-state index >= 15 is 0 Å². The monoisotopic (exact) mass is 929 g/mol. The predicted molar refractivity (Wildman–Crippen MR) is 250 cm³/mol. The molecule has 0 saturated carbocycles. The van der Waals surface area contributed by atoms with E-state index in [1.54, 1.807) is 32.1 Å². The second-order valence-corrected chi connectivity index (χ2v) is 19.3. The number of piperidine rings is 1. The molecule has 0 radical (unpaired) electrons. The molecule has 9 N–H and O–H groups in total. The molecule has 7 atom stereocenters. The smallest absolute Gasteiger partial charge is 0.353 e. The van der Waals surface area contributed by atoms with E-state index < -0.39 is 77.1 Å². The average Bonchev–Trinajstić information content (AvgIpc) is 3.76. The molecule has 364 valence electrons. The van der Waals surface area contributed by atoms with Gasteiger partial charge in [-0.05, 0) is 62.9 Å². The summed E-state index contributed by atoms with van der Waals surface area (Å²) in [4.78, 5) is 66.0. The highest BCUT2D eigenvalue weighted by molar-refractivity contribution is 6.19. The lowest BCUT2D eigenvalue weighted by Crippen LogP contribution is -2.44. The summed E-state index contributed by atoms with van der Waals surface area (Å²) in [7, 11) is 0. The number of carboxylic acid groups (broad SMARTS) is 1. The van der Waals surface area contributed by atoms with Crippen molar-refractivity contribution in [2.45, 2.75) is 118 Å². The number of nitrogens with two attached hydrogens (primary N) is 2. The van der Waals surface area contributed by atoms with E-state index in [0.29, 0.717) is 50.3 Å². The molecule has 1 spiro atoms. The fourth-order valence-electron chi connectivity index (χ4n) is 9.68. The fourth-order valence-corrected chi connectivity index (χ4v) is 9.68. The fraction of sp³-hybridized carbons (Fsp3) is 0.551. The first-order valence-electron chi connectivity index (χ1n) is 23.1. The third kappa shape index (κ3) is 10.5. The minimum Gasteiger partial charge on any atom is -0.507 e. The van der Waals surface area contributed by atoms with Crippen molar-refractivity contribution >= 4 is 40.1 Å². The summed E-state index contributed by atoms with van der Waals surface area (Å²) in [5.41, 5.74) is 4.41. The zero-order chi connectivity index (χ0) is 49.3. The number of ether oxygens (including phenoxy) is 3. The first kappa shape index (κ1) is 50.4. The molecule has 4 unspecified atom stereocenters. The third-order valence-corrected chi connectivity index (χ3v) is 13.3. The molecule has 5 bridgehead atoms. The number of likely N-dealkylation sites (tertiary alicyclic amines) is 1. The number of Topliss-reactive ketones (excluding diaryl/α,β-unsaturated/α-hetero) is 1. The molecule has 2 aromatic rings. The van der Waals surface area contributed by atoms with Crippen LogP contribution in [0.2, 0.25) is 0 Å². The summed E-state index contributed by atoms with van der Waals surface area (Å²) in [5, 5.41) is 49.2. The van der Waals surface area contributed by atoms with E-state index in [1.165, 1.54) is 13.2 Å². The number of ketones is 1. The van der Waals surface area contributed by atoms with Crippen molar-refractivity contribution in [3.8, 4) is 17.2 Å². The van der Waals surface area contributed by atoms with Crippen molar-refractivity contribution in [1.29, 1.82) is 0 Å². The van der Waals surface area contributed by atoms with E-state index in [-0.39, 0.29) is 68.1 Å². The first-order valence-corrected chi connectivity index (χ1v) is 23.1. The quantitative estimate of drug-likeness (QED) is 0.0628. The van der Waals surface area contributed by atoms with Crippen molar-refractivity contribution in [1.82, 2.24) is 9.91 Å². The van der Waals surface area contributed by atoms with Gasteiger partial charge in [0.2, 0.25) is 0 Å². The number of benzene rings is 2. The Hall–Kier alpha value is -5.98. The van der Waals surface area contributed by atoms with Crippen molar-refractivity contribution in [2.24, 2.45) is 51.2 Å². The van der Waals surface area contributed by atoms with Gasteiger partial charge in [-0.25, -0.2) is 10.6 Å². The van der Waals surface area contributed by atoms with Gasteiger partial charge in [0.05, 0.1) is 28.7 Å². The van der Waals surface area contributed by atoms with Gasteiger partial charge < -0.3 is 55.6 Å². The van der Waals surface area contributed by atoms with Gasteiger partial charge in [-0.15, -0.1) is 0 Å². The lowest BCUT2D eigenvalue weighted by molar-refractivity contribution is -0.160. The highest BCUT2D eigenvalue weighted by Crippen LogP contribution is 2.50. The zero-order valence-corrected chi connectivity index (χ0v) is 40.0. The Labute approximate surface area is 390 Å². The Morgan fingerprint density at radius 2 is 1.75 bits per heavy atom. The van der Waals surface area contributed by atoms with E-state index in [1.807, 2.05) is 33.8 Å². The largest absolute Gasteiger partial charge is 0.507 e. The van der Waals surface area contributed by atoms with Crippen LogP contribution in [0.5, 0.6) is 17.2 Å². The standard InChI is InChI=1S/C49H67N7O11/c1-10-31-40(58)29(7)21-26(4)13-11-14-28(6)46(62)52-39-38-37(53-49(54-38)16-18-55(19-17-49)22-25(2)3)34-35(42(39)60)41(59)30(8)44-36(34)45(61)48(9,67-44)65-20-12-15-27(5)43(31)66-33(57)24-56(51)23-32(50)47(63)64/h11-14,20,23,25-27,29,31,40,43,58-60H,10,15-19,21-22,24,50-51H2,1-9H3,(H,52,62)(H,63,64)/b13-11+,20-12+,28-14-,32-23-/t26?,27-,29-,31-,40?,43?,48?/m1/s1. The van der Waals surface area contributed by atoms with Crippen LogP contribution < -0.4 is 32.3 Å². The van der Waals surface area contributed by atoms with Crippen LogP contribution in [0.15, 0.2) is 58.0 Å². The minimum atomic E-state index is -1.95. The number of hydrazine groups is 1. The van der Waals surface area contributed by atoms with Crippen LogP contribution >= 0.6 is 0 Å². The predicted octanol–water partition coefficient (Wildman–Crippen LogP) is 4.58. The van der Waals surface area contributed by atoms with Crippen molar-refractivity contribution < 1.29 is 53.8 Å². The number of carbonyl (C=O) groups excluding carboxylic acids is 3. The number of fused-ring (bicyclic) bond motifs is 13. The lowest BCUT2D eigenvalue weighted by atomic mass is 9.78. The first-order chi connectivity index (χ1) is 31.5. The molecule has 18 heteroatoms. The SMILES string of the molecule is CC[C@@H]1C(O)[C@H](C)CC(C)/C=C/C=C(/C)C(=O)Nc2c(O)c3c(O)c(C)c4c(c3c3c2=NC2(CCN(CC(C)C)CC2)N=3)C(=O)C(C)(O/C=C/C[C@@H](C)C1OC(=O)CN(N)/C=C(\N)C(=O)O)O4. The van der Waals surface area contributed by atoms with Crippen LogP contribution in [0.1, 0.15) is 103 Å².